The van der Waals surface area contributed by atoms with Gasteiger partial charge in [-0.15, -0.1) is 0 Å². The fourth-order valence-electron chi connectivity index (χ4n) is 3.36. The van der Waals surface area contributed by atoms with Gasteiger partial charge in [0.25, 0.3) is 0 Å². The van der Waals surface area contributed by atoms with Crippen molar-refractivity contribution in [1.82, 2.24) is 0 Å². The SMILES string of the molecule is O=C(O)CCc1ccc(C(=O)CCCCCCCCCCC(O)=C2C=CC=C2)o1. The van der Waals surface area contributed by atoms with E-state index in [9.17, 15) is 14.7 Å². The van der Waals surface area contributed by atoms with Crippen LogP contribution < -0.4 is 0 Å². The molecule has 5 heteroatoms. The lowest BCUT2D eigenvalue weighted by Gasteiger charge is -2.04. The Morgan fingerprint density at radius 1 is 0.759 bits per heavy atom. The topological polar surface area (TPSA) is 87.7 Å². The fraction of sp³-hybridized carbons (Fsp3) is 0.500. The minimum Gasteiger partial charge on any atom is -0.512 e. The van der Waals surface area contributed by atoms with Crippen LogP contribution in [0.4, 0.5) is 0 Å². The van der Waals surface area contributed by atoms with Crippen molar-refractivity contribution >= 4 is 11.8 Å². The van der Waals surface area contributed by atoms with E-state index in [1.807, 2.05) is 24.3 Å². The summed E-state index contributed by atoms with van der Waals surface area (Å²) in [7, 11) is 0. The van der Waals surface area contributed by atoms with E-state index in [1.165, 1.54) is 19.3 Å². The minimum absolute atomic E-state index is 0.00699. The number of unbranched alkanes of at least 4 members (excludes halogenated alkanes) is 7. The van der Waals surface area contributed by atoms with Crippen molar-refractivity contribution in [2.45, 2.75) is 77.0 Å². The smallest absolute Gasteiger partial charge is 0.303 e. The molecule has 5 nitrogen and oxygen atoms in total. The zero-order valence-corrected chi connectivity index (χ0v) is 17.1. The molecule has 0 aromatic carbocycles. The molecule has 1 aliphatic carbocycles. The quantitative estimate of drug-likeness (QED) is 0.204. The summed E-state index contributed by atoms with van der Waals surface area (Å²) in [6.45, 7) is 0. The molecular weight excluding hydrogens is 368 g/mol. The zero-order chi connectivity index (χ0) is 20.9. The number of rotatable bonds is 15. The van der Waals surface area contributed by atoms with Gasteiger partial charge in [0, 0.05) is 24.8 Å². The molecule has 1 aliphatic rings. The van der Waals surface area contributed by atoms with E-state index in [0.717, 1.165) is 44.1 Å². The molecule has 0 saturated carbocycles. The summed E-state index contributed by atoms with van der Waals surface area (Å²) in [5.74, 6) is 0.505. The highest BCUT2D eigenvalue weighted by atomic mass is 16.4. The molecule has 1 aromatic rings. The minimum atomic E-state index is -0.872. The molecule has 2 rings (SSSR count). The number of Topliss-reactive ketones (excluding diaryl/α,β-unsaturated/α-hetero) is 1. The molecule has 0 fully saturated rings. The Labute approximate surface area is 172 Å². The van der Waals surface area contributed by atoms with E-state index in [2.05, 4.69) is 0 Å². The van der Waals surface area contributed by atoms with Gasteiger partial charge in [-0.05, 0) is 25.0 Å². The van der Waals surface area contributed by atoms with Gasteiger partial charge in [-0.3, -0.25) is 9.59 Å². The summed E-state index contributed by atoms with van der Waals surface area (Å²) in [4.78, 5) is 22.7. The lowest BCUT2D eigenvalue weighted by atomic mass is 10.0. The van der Waals surface area contributed by atoms with Crippen molar-refractivity contribution in [3.63, 3.8) is 0 Å². The molecule has 0 aliphatic heterocycles. The first-order chi connectivity index (χ1) is 14.1. The second-order valence-corrected chi connectivity index (χ2v) is 7.53. The molecule has 0 amide bonds. The third kappa shape index (κ3) is 8.99. The number of furan rings is 1. The molecule has 0 saturated heterocycles. The fourth-order valence-corrected chi connectivity index (χ4v) is 3.36. The van der Waals surface area contributed by atoms with Crippen molar-refractivity contribution in [2.24, 2.45) is 0 Å². The molecular formula is C24H32O5. The Hall–Kier alpha value is -2.56. The van der Waals surface area contributed by atoms with Crippen LogP contribution in [0.25, 0.3) is 0 Å². The van der Waals surface area contributed by atoms with Gasteiger partial charge < -0.3 is 14.6 Å². The van der Waals surface area contributed by atoms with Gasteiger partial charge in [0.1, 0.15) is 5.76 Å². The van der Waals surface area contributed by atoms with Crippen LogP contribution in [-0.4, -0.2) is 22.0 Å². The highest BCUT2D eigenvalue weighted by molar-refractivity contribution is 5.93. The maximum atomic E-state index is 12.1. The monoisotopic (exact) mass is 400 g/mol. The number of aliphatic hydroxyl groups is 1. The van der Waals surface area contributed by atoms with Gasteiger partial charge >= 0.3 is 5.97 Å². The van der Waals surface area contributed by atoms with Crippen molar-refractivity contribution in [3.8, 4) is 0 Å². The van der Waals surface area contributed by atoms with E-state index in [1.54, 1.807) is 12.1 Å². The Morgan fingerprint density at radius 2 is 1.34 bits per heavy atom. The van der Waals surface area contributed by atoms with E-state index in [4.69, 9.17) is 9.52 Å². The third-order valence-corrected chi connectivity index (χ3v) is 5.09. The number of hydrogen-bond acceptors (Lipinski definition) is 4. The summed E-state index contributed by atoms with van der Waals surface area (Å²) < 4.78 is 5.44. The molecule has 29 heavy (non-hydrogen) atoms. The van der Waals surface area contributed by atoms with Crippen LogP contribution in [0.3, 0.4) is 0 Å². The maximum Gasteiger partial charge on any atom is 0.303 e. The normalized spacial score (nSPS) is 12.6. The van der Waals surface area contributed by atoms with Crippen molar-refractivity contribution in [1.29, 1.82) is 0 Å². The average molecular weight is 401 g/mol. The van der Waals surface area contributed by atoms with E-state index in [0.29, 0.717) is 30.1 Å². The van der Waals surface area contributed by atoms with Crippen LogP contribution in [0.2, 0.25) is 0 Å². The third-order valence-electron chi connectivity index (χ3n) is 5.09. The number of carbonyl (C=O) groups excluding carboxylic acids is 1. The molecule has 0 bridgehead atoms. The van der Waals surface area contributed by atoms with E-state index >= 15 is 0 Å². The Kier molecular flexibility index (Phi) is 10.0. The number of carboxylic acid groups (broad SMARTS) is 1. The number of aliphatic carboxylic acids is 1. The van der Waals surface area contributed by atoms with Gasteiger partial charge in [0.05, 0.1) is 12.2 Å². The maximum absolute atomic E-state index is 12.1. The first-order valence-electron chi connectivity index (χ1n) is 10.7. The Balaban J connectivity index is 1.45. The summed E-state index contributed by atoms with van der Waals surface area (Å²) in [6.07, 6.45) is 18.0. The van der Waals surface area contributed by atoms with E-state index < -0.39 is 5.97 Å². The van der Waals surface area contributed by atoms with Crippen LogP contribution in [0, 0.1) is 0 Å². The standard InChI is InChI=1S/C24H32O5/c25-21(19-11-9-10-12-19)13-7-5-3-1-2-4-6-8-14-22(26)23-17-15-20(29-23)16-18-24(27)28/h9-12,15,17,25H,1-8,13-14,16,18H2,(H,27,28). The first kappa shape index (κ1) is 22.7. The van der Waals surface area contributed by atoms with Crippen LogP contribution in [0.5, 0.6) is 0 Å². The number of aliphatic hydroxyl groups excluding tert-OH is 1. The molecule has 0 radical (unpaired) electrons. The largest absolute Gasteiger partial charge is 0.512 e. The molecule has 0 atom stereocenters. The summed E-state index contributed by atoms with van der Waals surface area (Å²) >= 11 is 0. The lowest BCUT2D eigenvalue weighted by Crippen LogP contribution is -1.98. The van der Waals surface area contributed by atoms with Crippen LogP contribution in [0.1, 0.15) is 86.9 Å². The molecule has 0 unspecified atom stereocenters. The highest BCUT2D eigenvalue weighted by Gasteiger charge is 2.11. The van der Waals surface area contributed by atoms with Crippen LogP contribution in [-0.2, 0) is 11.2 Å². The summed E-state index contributed by atoms with van der Waals surface area (Å²) in [5.41, 5.74) is 0.936. The lowest BCUT2D eigenvalue weighted by molar-refractivity contribution is -0.137. The predicted octanol–water partition coefficient (Wildman–Crippen LogP) is 6.32. The first-order valence-corrected chi connectivity index (χ1v) is 10.7. The van der Waals surface area contributed by atoms with Gasteiger partial charge in [-0.2, -0.15) is 0 Å². The van der Waals surface area contributed by atoms with E-state index in [-0.39, 0.29) is 12.2 Å². The number of hydrogen-bond donors (Lipinski definition) is 2. The van der Waals surface area contributed by atoms with Gasteiger partial charge in [0.2, 0.25) is 0 Å². The molecule has 1 aromatic heterocycles. The van der Waals surface area contributed by atoms with Crippen molar-refractivity contribution < 1.29 is 24.2 Å². The Bertz CT molecular complexity index is 737. The number of allylic oxidation sites excluding steroid dienone is 6. The Morgan fingerprint density at radius 3 is 1.97 bits per heavy atom. The van der Waals surface area contributed by atoms with Crippen LogP contribution in [0.15, 0.2) is 52.2 Å². The second kappa shape index (κ2) is 12.8. The van der Waals surface area contributed by atoms with Gasteiger partial charge in [-0.1, -0.05) is 62.8 Å². The number of aryl methyl sites for hydroxylation is 1. The zero-order valence-electron chi connectivity index (χ0n) is 17.1. The molecule has 0 spiro atoms. The molecule has 158 valence electrons. The predicted molar refractivity (Wildman–Crippen MR) is 113 cm³/mol. The van der Waals surface area contributed by atoms with Crippen molar-refractivity contribution in [3.05, 3.63) is 59.3 Å². The van der Waals surface area contributed by atoms with Gasteiger partial charge in [-0.25, -0.2) is 0 Å². The molecule has 2 N–H and O–H groups in total. The second-order valence-electron chi connectivity index (χ2n) is 7.53. The van der Waals surface area contributed by atoms with Gasteiger partial charge in [0.15, 0.2) is 11.5 Å². The molecule has 1 heterocycles. The van der Waals surface area contributed by atoms with Crippen LogP contribution >= 0.6 is 0 Å². The summed E-state index contributed by atoms with van der Waals surface area (Å²) in [5, 5.41) is 18.6. The number of ketones is 1. The summed E-state index contributed by atoms with van der Waals surface area (Å²) in [6, 6.07) is 3.33. The van der Waals surface area contributed by atoms with Crippen molar-refractivity contribution in [2.75, 3.05) is 0 Å². The number of carbonyl (C=O) groups is 2. The highest BCUT2D eigenvalue weighted by Crippen LogP contribution is 2.18. The average Bonchev–Trinajstić information content (AvgIpc) is 3.39. The number of carboxylic acids is 1.